The molecule has 0 fully saturated rings. The van der Waals surface area contributed by atoms with Gasteiger partial charge in [-0.15, -0.1) is 0 Å². The van der Waals surface area contributed by atoms with Crippen LogP contribution in [0.3, 0.4) is 0 Å². The summed E-state index contributed by atoms with van der Waals surface area (Å²) in [5, 5.41) is 0. The number of rotatable bonds is 6. The molecule has 0 spiro atoms. The molecule has 0 unspecified atom stereocenters. The first-order valence-corrected chi connectivity index (χ1v) is 4.91. The number of carbonyl (C=O) groups is 1. The fraction of sp³-hybridized carbons (Fsp3) is 0.545. The van der Waals surface area contributed by atoms with Crippen LogP contribution < -0.4 is 0 Å². The van der Waals surface area contributed by atoms with Gasteiger partial charge in [0.05, 0.1) is 6.61 Å². The van der Waals surface area contributed by atoms with E-state index in [1.165, 1.54) is 0 Å². The van der Waals surface area contributed by atoms with Gasteiger partial charge in [0.2, 0.25) is 0 Å². The largest absolute Gasteiger partial charge is 0.379 e. The van der Waals surface area contributed by atoms with Crippen LogP contribution in [0, 0.1) is 5.92 Å². The van der Waals surface area contributed by atoms with Crippen LogP contribution in [0.5, 0.6) is 0 Å². The Morgan fingerprint density at radius 1 is 1.57 bits per heavy atom. The minimum Gasteiger partial charge on any atom is -0.379 e. The van der Waals surface area contributed by atoms with Crippen molar-refractivity contribution in [3.63, 3.8) is 0 Å². The number of carbonyl (C=O) groups excluding carboxylic acids is 1. The lowest BCUT2D eigenvalue weighted by molar-refractivity contribution is 0.103. The lowest BCUT2D eigenvalue weighted by Crippen LogP contribution is -2.08. The third kappa shape index (κ3) is 3.75. The van der Waals surface area contributed by atoms with Crippen LogP contribution in [-0.4, -0.2) is 24.1 Å². The lowest BCUT2D eigenvalue weighted by Gasteiger charge is -2.07. The first-order chi connectivity index (χ1) is 6.72. The molecule has 1 heterocycles. The zero-order valence-electron chi connectivity index (χ0n) is 8.77. The van der Waals surface area contributed by atoms with Gasteiger partial charge in [0.15, 0.2) is 6.29 Å². The summed E-state index contributed by atoms with van der Waals surface area (Å²) in [5.74, 6) is 0.574. The molecular weight excluding hydrogens is 178 g/mol. The summed E-state index contributed by atoms with van der Waals surface area (Å²) in [4.78, 5) is 10.4. The normalized spacial score (nSPS) is 10.8. The van der Waals surface area contributed by atoms with Gasteiger partial charge in [-0.1, -0.05) is 13.8 Å². The first-order valence-electron chi connectivity index (χ1n) is 4.91. The third-order valence-corrected chi connectivity index (χ3v) is 1.85. The molecule has 0 radical (unpaired) electrons. The van der Waals surface area contributed by atoms with Crippen molar-refractivity contribution in [2.24, 2.45) is 5.92 Å². The van der Waals surface area contributed by atoms with Crippen molar-refractivity contribution in [3.8, 4) is 0 Å². The molecule has 1 aromatic rings. The highest BCUT2D eigenvalue weighted by Crippen LogP contribution is 1.98. The van der Waals surface area contributed by atoms with Gasteiger partial charge < -0.3 is 9.30 Å². The van der Waals surface area contributed by atoms with Crippen LogP contribution in [0.25, 0.3) is 0 Å². The summed E-state index contributed by atoms with van der Waals surface area (Å²) in [6, 6.07) is 1.80. The molecule has 0 aliphatic carbocycles. The number of ether oxygens (including phenoxy) is 1. The van der Waals surface area contributed by atoms with Gasteiger partial charge in [-0.3, -0.25) is 4.79 Å². The van der Waals surface area contributed by atoms with Gasteiger partial charge in [0.1, 0.15) is 0 Å². The number of aldehydes is 1. The van der Waals surface area contributed by atoms with E-state index in [1.807, 2.05) is 17.0 Å². The molecule has 0 aromatic carbocycles. The molecule has 78 valence electrons. The van der Waals surface area contributed by atoms with Crippen LogP contribution in [0.1, 0.15) is 24.2 Å². The lowest BCUT2D eigenvalue weighted by atomic mass is 10.2. The van der Waals surface area contributed by atoms with E-state index in [9.17, 15) is 4.79 Å². The van der Waals surface area contributed by atoms with Crippen LogP contribution in [0.4, 0.5) is 0 Å². The highest BCUT2D eigenvalue weighted by Gasteiger charge is 1.96. The molecule has 0 bridgehead atoms. The van der Waals surface area contributed by atoms with E-state index >= 15 is 0 Å². The molecule has 1 rings (SSSR count). The zero-order chi connectivity index (χ0) is 10.4. The Balaban J connectivity index is 2.21. The molecule has 3 heteroatoms. The molecule has 0 aliphatic heterocycles. The van der Waals surface area contributed by atoms with Crippen molar-refractivity contribution in [1.82, 2.24) is 4.57 Å². The van der Waals surface area contributed by atoms with Crippen molar-refractivity contribution in [2.75, 3.05) is 13.2 Å². The van der Waals surface area contributed by atoms with Crippen LogP contribution in [0.15, 0.2) is 18.5 Å². The standard InChI is InChI=1S/C11H17NO2/c1-10(2)9-14-6-5-12-4-3-11(7-12)8-13/h3-4,7-8,10H,5-6,9H2,1-2H3. The average Bonchev–Trinajstić information content (AvgIpc) is 2.60. The fourth-order valence-electron chi connectivity index (χ4n) is 1.16. The Morgan fingerprint density at radius 2 is 2.36 bits per heavy atom. The second-order valence-corrected chi connectivity index (χ2v) is 3.77. The Morgan fingerprint density at radius 3 is 2.93 bits per heavy atom. The van der Waals surface area contributed by atoms with Gasteiger partial charge in [0, 0.05) is 31.1 Å². The van der Waals surface area contributed by atoms with Gasteiger partial charge in [-0.2, -0.15) is 0 Å². The first kappa shape index (κ1) is 11.0. The van der Waals surface area contributed by atoms with Crippen molar-refractivity contribution in [1.29, 1.82) is 0 Å². The van der Waals surface area contributed by atoms with E-state index in [0.717, 1.165) is 19.4 Å². The maximum absolute atomic E-state index is 10.4. The predicted molar refractivity (Wildman–Crippen MR) is 55.5 cm³/mol. The quantitative estimate of drug-likeness (QED) is 0.513. The van der Waals surface area contributed by atoms with Crippen LogP contribution >= 0.6 is 0 Å². The molecule has 0 saturated carbocycles. The summed E-state index contributed by atoms with van der Waals surface area (Å²) >= 11 is 0. The summed E-state index contributed by atoms with van der Waals surface area (Å²) in [6.07, 6.45) is 4.57. The minimum absolute atomic E-state index is 0.574. The Bertz CT molecular complexity index is 279. The van der Waals surface area contributed by atoms with Crippen molar-refractivity contribution in [3.05, 3.63) is 24.0 Å². The Kier molecular flexibility index (Phi) is 4.40. The van der Waals surface area contributed by atoms with Crippen LogP contribution in [0.2, 0.25) is 0 Å². The van der Waals surface area contributed by atoms with Crippen LogP contribution in [-0.2, 0) is 11.3 Å². The van der Waals surface area contributed by atoms with Gasteiger partial charge in [0.25, 0.3) is 0 Å². The monoisotopic (exact) mass is 195 g/mol. The molecule has 14 heavy (non-hydrogen) atoms. The maximum Gasteiger partial charge on any atom is 0.151 e. The third-order valence-electron chi connectivity index (χ3n) is 1.85. The minimum atomic E-state index is 0.574. The molecule has 0 amide bonds. The highest BCUT2D eigenvalue weighted by atomic mass is 16.5. The number of nitrogens with zero attached hydrogens (tertiary/aromatic N) is 1. The molecule has 0 aliphatic rings. The molecule has 0 atom stereocenters. The Labute approximate surface area is 84.7 Å². The topological polar surface area (TPSA) is 31.2 Å². The number of hydrogen-bond acceptors (Lipinski definition) is 2. The molecule has 0 N–H and O–H groups in total. The average molecular weight is 195 g/mol. The summed E-state index contributed by atoms with van der Waals surface area (Å²) < 4.78 is 7.40. The van der Waals surface area contributed by atoms with E-state index in [-0.39, 0.29) is 0 Å². The maximum atomic E-state index is 10.4. The van der Waals surface area contributed by atoms with Crippen molar-refractivity contribution < 1.29 is 9.53 Å². The van der Waals surface area contributed by atoms with E-state index in [2.05, 4.69) is 13.8 Å². The highest BCUT2D eigenvalue weighted by molar-refractivity contribution is 5.74. The predicted octanol–water partition coefficient (Wildman–Crippen LogP) is 1.97. The van der Waals surface area contributed by atoms with Crippen molar-refractivity contribution >= 4 is 6.29 Å². The van der Waals surface area contributed by atoms with E-state index in [4.69, 9.17) is 4.74 Å². The van der Waals surface area contributed by atoms with E-state index in [0.29, 0.717) is 18.1 Å². The zero-order valence-corrected chi connectivity index (χ0v) is 8.77. The molecule has 3 nitrogen and oxygen atoms in total. The summed E-state index contributed by atoms with van der Waals surface area (Å²) in [5.41, 5.74) is 0.717. The molecule has 1 aromatic heterocycles. The second kappa shape index (κ2) is 5.60. The fourth-order valence-corrected chi connectivity index (χ4v) is 1.16. The number of aromatic nitrogens is 1. The SMILES string of the molecule is CC(C)COCCn1ccc(C=O)c1. The van der Waals surface area contributed by atoms with Gasteiger partial charge in [-0.25, -0.2) is 0 Å². The van der Waals surface area contributed by atoms with Gasteiger partial charge in [-0.05, 0) is 12.0 Å². The smallest absolute Gasteiger partial charge is 0.151 e. The van der Waals surface area contributed by atoms with E-state index in [1.54, 1.807) is 6.07 Å². The number of hydrogen-bond donors (Lipinski definition) is 0. The van der Waals surface area contributed by atoms with Crippen molar-refractivity contribution in [2.45, 2.75) is 20.4 Å². The molecule has 0 saturated heterocycles. The Hall–Kier alpha value is -1.09. The van der Waals surface area contributed by atoms with E-state index < -0.39 is 0 Å². The molecular formula is C11H17NO2. The summed E-state index contributed by atoms with van der Waals surface area (Å²) in [6.45, 7) is 6.55. The second-order valence-electron chi connectivity index (χ2n) is 3.77. The summed E-state index contributed by atoms with van der Waals surface area (Å²) in [7, 11) is 0. The van der Waals surface area contributed by atoms with Gasteiger partial charge >= 0.3 is 0 Å².